The molecule has 0 atom stereocenters. The molecule has 0 spiro atoms. The Balaban J connectivity index is 1.52. The van der Waals surface area contributed by atoms with Gasteiger partial charge in [0.1, 0.15) is 0 Å². The van der Waals surface area contributed by atoms with Crippen LogP contribution in [0, 0.1) is 5.92 Å². The van der Waals surface area contributed by atoms with E-state index in [0.717, 1.165) is 18.4 Å². The lowest BCUT2D eigenvalue weighted by molar-refractivity contribution is -0.121. The minimum atomic E-state index is -3.49. The second-order valence-electron chi connectivity index (χ2n) is 5.53. The molecule has 118 valence electrons. The van der Waals surface area contributed by atoms with Crippen LogP contribution in [0.1, 0.15) is 19.3 Å². The van der Waals surface area contributed by atoms with Crippen molar-refractivity contribution in [2.45, 2.75) is 19.3 Å². The van der Waals surface area contributed by atoms with Crippen LogP contribution in [0.3, 0.4) is 0 Å². The number of amides is 1. The molecule has 8 heteroatoms. The Hall–Kier alpha value is -2.09. The second-order valence-corrected chi connectivity index (χ2v) is 7.38. The fourth-order valence-electron chi connectivity index (χ4n) is 2.20. The van der Waals surface area contributed by atoms with E-state index in [9.17, 15) is 13.2 Å². The first-order valence-corrected chi connectivity index (χ1v) is 8.88. The third-order valence-electron chi connectivity index (χ3n) is 3.54. The molecule has 0 aliphatic heterocycles. The number of nitrogens with one attached hydrogen (secondary N) is 2. The van der Waals surface area contributed by atoms with E-state index in [0.29, 0.717) is 18.0 Å². The molecule has 22 heavy (non-hydrogen) atoms. The van der Waals surface area contributed by atoms with Crippen molar-refractivity contribution < 1.29 is 13.2 Å². The van der Waals surface area contributed by atoms with Gasteiger partial charge in [-0.25, -0.2) is 12.9 Å². The molecule has 1 fully saturated rings. The summed E-state index contributed by atoms with van der Waals surface area (Å²) in [6.45, 7) is 0.121. The summed E-state index contributed by atoms with van der Waals surface area (Å²) < 4.78 is 28.2. The minimum absolute atomic E-state index is 0.0709. The number of nitrogens with zero attached hydrogens (tertiary/aromatic N) is 2. The Bertz CT molecular complexity index is 780. The molecule has 2 N–H and O–H groups in total. The molecule has 0 saturated heterocycles. The second kappa shape index (κ2) is 5.96. The Morgan fingerprint density at radius 1 is 1.36 bits per heavy atom. The van der Waals surface area contributed by atoms with Gasteiger partial charge >= 0.3 is 0 Å². The molecular weight excluding hydrogens is 304 g/mol. The molecule has 1 amide bonds. The first-order chi connectivity index (χ1) is 10.5. The van der Waals surface area contributed by atoms with Crippen molar-refractivity contribution in [1.82, 2.24) is 14.9 Å². The van der Waals surface area contributed by atoms with E-state index >= 15 is 0 Å². The van der Waals surface area contributed by atoms with E-state index in [2.05, 4.69) is 15.1 Å². The van der Waals surface area contributed by atoms with Gasteiger partial charge in [-0.15, -0.1) is 0 Å². The van der Waals surface area contributed by atoms with Gasteiger partial charge in [0.2, 0.25) is 15.9 Å². The van der Waals surface area contributed by atoms with Crippen molar-refractivity contribution in [1.29, 1.82) is 0 Å². The van der Waals surface area contributed by atoms with Crippen LogP contribution in [-0.4, -0.2) is 36.2 Å². The number of pyridine rings is 1. The summed E-state index contributed by atoms with van der Waals surface area (Å²) >= 11 is 0. The predicted molar refractivity (Wildman–Crippen MR) is 83.0 cm³/mol. The van der Waals surface area contributed by atoms with Gasteiger partial charge in [-0.05, 0) is 37.0 Å². The monoisotopic (exact) mass is 322 g/mol. The van der Waals surface area contributed by atoms with Crippen LogP contribution in [0.25, 0.3) is 5.52 Å². The summed E-state index contributed by atoms with van der Waals surface area (Å²) in [7, 11) is -3.49. The molecule has 3 rings (SSSR count). The van der Waals surface area contributed by atoms with Crippen LogP contribution < -0.4 is 10.0 Å². The molecule has 2 heterocycles. The van der Waals surface area contributed by atoms with Crippen LogP contribution >= 0.6 is 0 Å². The van der Waals surface area contributed by atoms with E-state index in [1.54, 1.807) is 35.1 Å². The van der Waals surface area contributed by atoms with Crippen LogP contribution in [0.2, 0.25) is 0 Å². The average Bonchev–Trinajstić information content (AvgIpc) is 3.13. The zero-order valence-corrected chi connectivity index (χ0v) is 12.8. The Kier molecular flexibility index (Phi) is 4.02. The zero-order valence-electron chi connectivity index (χ0n) is 12.0. The number of carbonyl (C=O) groups excluding carboxylic acids is 1. The van der Waals surface area contributed by atoms with E-state index in [4.69, 9.17) is 0 Å². The quantitative estimate of drug-likeness (QED) is 0.795. The summed E-state index contributed by atoms with van der Waals surface area (Å²) in [6.07, 6.45) is 6.04. The number of sulfonamides is 1. The first kappa shape index (κ1) is 14.8. The molecule has 1 saturated carbocycles. The van der Waals surface area contributed by atoms with Gasteiger partial charge in [-0.1, -0.05) is 0 Å². The summed E-state index contributed by atoms with van der Waals surface area (Å²) in [5.74, 6) is 0.281. The summed E-state index contributed by atoms with van der Waals surface area (Å²) in [6, 6.07) is 5.13. The van der Waals surface area contributed by atoms with Crippen LogP contribution in [0.5, 0.6) is 0 Å². The summed E-state index contributed by atoms with van der Waals surface area (Å²) in [4.78, 5) is 11.5. The number of hydrogen-bond donors (Lipinski definition) is 2. The standard InChI is InChI=1S/C14H18N4O3S/c19-14(9-11-1-2-11)15-6-8-22(20,21)17-12-4-7-18-13(10-12)3-5-16-18/h3-5,7,10-11,17H,1-2,6,8-9H2,(H,15,19). The molecule has 0 aromatic carbocycles. The predicted octanol–water partition coefficient (Wildman–Crippen LogP) is 0.992. The molecule has 0 bridgehead atoms. The number of aromatic nitrogens is 2. The minimum Gasteiger partial charge on any atom is -0.355 e. The number of fused-ring (bicyclic) bond motifs is 1. The molecule has 7 nitrogen and oxygen atoms in total. The Morgan fingerprint density at radius 2 is 2.18 bits per heavy atom. The van der Waals surface area contributed by atoms with E-state index in [-0.39, 0.29) is 18.2 Å². The highest BCUT2D eigenvalue weighted by Gasteiger charge is 2.24. The maximum absolute atomic E-state index is 12.0. The fourth-order valence-corrected chi connectivity index (χ4v) is 3.16. The van der Waals surface area contributed by atoms with Crippen molar-refractivity contribution >= 4 is 27.1 Å². The Labute approximate surface area is 128 Å². The highest BCUT2D eigenvalue weighted by molar-refractivity contribution is 7.92. The van der Waals surface area contributed by atoms with Gasteiger partial charge < -0.3 is 5.32 Å². The average molecular weight is 322 g/mol. The highest BCUT2D eigenvalue weighted by atomic mass is 32.2. The van der Waals surface area contributed by atoms with Gasteiger partial charge in [-0.2, -0.15) is 5.10 Å². The largest absolute Gasteiger partial charge is 0.355 e. The number of rotatable bonds is 7. The van der Waals surface area contributed by atoms with Crippen molar-refractivity contribution in [2.24, 2.45) is 5.92 Å². The fraction of sp³-hybridized carbons (Fsp3) is 0.429. The lowest BCUT2D eigenvalue weighted by Gasteiger charge is -2.09. The van der Waals surface area contributed by atoms with Gasteiger partial charge in [0.15, 0.2) is 0 Å². The normalized spacial score (nSPS) is 14.9. The van der Waals surface area contributed by atoms with Crippen molar-refractivity contribution in [3.05, 3.63) is 30.6 Å². The van der Waals surface area contributed by atoms with E-state index in [1.807, 2.05) is 0 Å². The molecule has 1 aliphatic rings. The SMILES string of the molecule is O=C(CC1CC1)NCCS(=O)(=O)Nc1ccn2nccc2c1. The van der Waals surface area contributed by atoms with E-state index < -0.39 is 10.0 Å². The van der Waals surface area contributed by atoms with Crippen molar-refractivity contribution in [2.75, 3.05) is 17.0 Å². The summed E-state index contributed by atoms with van der Waals surface area (Å²) in [5, 5.41) is 6.70. The zero-order chi connectivity index (χ0) is 15.6. The summed E-state index contributed by atoms with van der Waals surface area (Å²) in [5.41, 5.74) is 1.29. The molecule has 2 aromatic heterocycles. The van der Waals surface area contributed by atoms with Crippen LogP contribution in [0.4, 0.5) is 5.69 Å². The maximum atomic E-state index is 12.0. The highest BCUT2D eigenvalue weighted by Crippen LogP contribution is 2.31. The lowest BCUT2D eigenvalue weighted by Crippen LogP contribution is -2.31. The molecule has 0 unspecified atom stereocenters. The van der Waals surface area contributed by atoms with E-state index in [1.165, 1.54) is 0 Å². The third kappa shape index (κ3) is 3.97. The topological polar surface area (TPSA) is 92.6 Å². The smallest absolute Gasteiger partial charge is 0.234 e. The number of hydrogen-bond acceptors (Lipinski definition) is 4. The van der Waals surface area contributed by atoms with Crippen LogP contribution in [-0.2, 0) is 14.8 Å². The first-order valence-electron chi connectivity index (χ1n) is 7.22. The Morgan fingerprint density at radius 3 is 2.95 bits per heavy atom. The molecule has 2 aromatic rings. The molecule has 0 radical (unpaired) electrons. The molecule has 1 aliphatic carbocycles. The van der Waals surface area contributed by atoms with Gasteiger partial charge in [0, 0.05) is 25.4 Å². The maximum Gasteiger partial charge on any atom is 0.234 e. The van der Waals surface area contributed by atoms with Crippen LogP contribution in [0.15, 0.2) is 30.6 Å². The van der Waals surface area contributed by atoms with Crippen molar-refractivity contribution in [3.8, 4) is 0 Å². The number of carbonyl (C=O) groups is 1. The van der Waals surface area contributed by atoms with Gasteiger partial charge in [-0.3, -0.25) is 9.52 Å². The van der Waals surface area contributed by atoms with Gasteiger partial charge in [0.25, 0.3) is 0 Å². The van der Waals surface area contributed by atoms with Crippen molar-refractivity contribution in [3.63, 3.8) is 0 Å². The number of anilines is 1. The lowest BCUT2D eigenvalue weighted by atomic mass is 10.3. The third-order valence-corrected chi connectivity index (χ3v) is 4.83. The molecular formula is C14H18N4O3S. The van der Waals surface area contributed by atoms with Gasteiger partial charge in [0.05, 0.1) is 17.0 Å².